The highest BCUT2D eigenvalue weighted by molar-refractivity contribution is 6.32. The van der Waals surface area contributed by atoms with Crippen LogP contribution >= 0.6 is 58.0 Å². The Morgan fingerprint density at radius 3 is 0.912 bits per heavy atom. The fraction of sp³-hybridized carbons (Fsp3) is 0.411. The van der Waals surface area contributed by atoms with Gasteiger partial charge in [0.1, 0.15) is 46.5 Å². The summed E-state index contributed by atoms with van der Waals surface area (Å²) < 4.78 is 95.1. The molecule has 11 heterocycles. The first kappa shape index (κ1) is 107. The van der Waals surface area contributed by atoms with Gasteiger partial charge in [-0.2, -0.15) is 0 Å². The lowest BCUT2D eigenvalue weighted by Gasteiger charge is -2.27. The van der Waals surface area contributed by atoms with Crippen LogP contribution in [0.1, 0.15) is 66.8 Å². The summed E-state index contributed by atoms with van der Waals surface area (Å²) in [5.74, 6) is 7.31. The highest BCUT2D eigenvalue weighted by atomic mass is 35.5. The fourth-order valence-corrected chi connectivity index (χ4v) is 17.5. The van der Waals surface area contributed by atoms with Crippen LogP contribution in [0.25, 0.3) is 0 Å². The second kappa shape index (κ2) is 58.1. The smallest absolute Gasteiger partial charge is 0.129 e. The number of benzene rings is 11. The first-order chi connectivity index (χ1) is 66.1. The lowest BCUT2D eigenvalue weighted by Crippen LogP contribution is -2.43. The monoisotopic (exact) mass is 1960 g/mol. The molecule has 0 spiro atoms. The van der Waals surface area contributed by atoms with E-state index in [-0.39, 0.29) is 29.1 Å². The van der Waals surface area contributed by atoms with Gasteiger partial charge in [-0.15, -0.1) is 0 Å². The van der Waals surface area contributed by atoms with Crippen molar-refractivity contribution in [2.45, 2.75) is 77.6 Å². The molecule has 0 aliphatic carbocycles. The van der Waals surface area contributed by atoms with Gasteiger partial charge in [0.15, 0.2) is 0 Å². The second-order valence-electron chi connectivity index (χ2n) is 37.8. The molecule has 11 aromatic rings. The number of rotatable bonds is 23. The molecule has 11 N–H and O–H groups in total. The van der Waals surface area contributed by atoms with E-state index in [1.807, 2.05) is 78.9 Å². The van der Waals surface area contributed by atoms with E-state index < -0.39 is 11.6 Å². The number of nitrogens with one attached hydrogen (secondary N) is 11. The first-order valence-corrected chi connectivity index (χ1v) is 50.2. The molecule has 11 saturated heterocycles. The van der Waals surface area contributed by atoms with Crippen molar-refractivity contribution in [3.63, 3.8) is 0 Å². The van der Waals surface area contributed by atoms with Crippen molar-refractivity contribution >= 4 is 58.0 Å². The first-order valence-electron chi connectivity index (χ1n) is 48.3. The molecule has 0 atom stereocenters. The van der Waals surface area contributed by atoms with Gasteiger partial charge in [-0.25, -0.2) is 30.7 Å². The Bertz CT molecular complexity index is 4920. The maximum absolute atomic E-state index is 13.3. The van der Waals surface area contributed by atoms with Gasteiger partial charge in [-0.3, -0.25) is 0 Å². The molecule has 0 radical (unpaired) electrons. The molecule has 11 aliphatic heterocycles. The van der Waals surface area contributed by atoms with Crippen molar-refractivity contribution in [3.05, 3.63) is 381 Å². The van der Waals surface area contributed by atoms with E-state index in [1.54, 1.807) is 43.5 Å². The minimum atomic E-state index is -0.506. The molecule has 0 bridgehead atoms. The lowest BCUT2D eigenvalue weighted by atomic mass is 9.94. The molecule has 11 aromatic carbocycles. The number of hydrogen-bond acceptors (Lipinski definition) is 12. The number of hydrogen-bond donors (Lipinski definition) is 11. The summed E-state index contributed by atoms with van der Waals surface area (Å²) in [6, 6.07) is 75.5. The van der Waals surface area contributed by atoms with Crippen LogP contribution in [0, 0.1) is 113 Å². The largest absolute Gasteiger partial charge is 0.497 e. The van der Waals surface area contributed by atoms with Crippen molar-refractivity contribution in [2.24, 2.45) is 65.1 Å². The zero-order valence-electron chi connectivity index (χ0n) is 78.3. The Morgan fingerprint density at radius 1 is 0.221 bits per heavy atom. The van der Waals surface area contributed by atoms with Gasteiger partial charge in [0.05, 0.1) is 7.11 Å². The van der Waals surface area contributed by atoms with Gasteiger partial charge in [0.2, 0.25) is 0 Å². The van der Waals surface area contributed by atoms with E-state index in [2.05, 4.69) is 138 Å². The third-order valence-electron chi connectivity index (χ3n) is 26.0. The summed E-state index contributed by atoms with van der Waals surface area (Å²) >= 11 is 29.2. The predicted molar refractivity (Wildman–Crippen MR) is 548 cm³/mol. The van der Waals surface area contributed by atoms with Crippen molar-refractivity contribution in [3.8, 4) is 5.75 Å². The summed E-state index contributed by atoms with van der Waals surface area (Å²) in [4.78, 5) is 0. The molecular weight excluding hydrogens is 1830 g/mol. The molecule has 11 aliphatic rings. The lowest BCUT2D eigenvalue weighted by molar-refractivity contribution is 0.342. The van der Waals surface area contributed by atoms with Crippen molar-refractivity contribution in [1.82, 2.24) is 58.5 Å². The van der Waals surface area contributed by atoms with Crippen LogP contribution < -0.4 is 63.2 Å². The third-order valence-corrected chi connectivity index (χ3v) is 27.4. The van der Waals surface area contributed by atoms with Gasteiger partial charge in [0.25, 0.3) is 0 Å². The molecule has 12 nitrogen and oxygen atoms in total. The van der Waals surface area contributed by atoms with Crippen LogP contribution in [-0.2, 0) is 70.6 Å². The van der Waals surface area contributed by atoms with Gasteiger partial charge in [-0.05, 0) is 451 Å². The minimum Gasteiger partial charge on any atom is -0.497 e. The Labute approximate surface area is 827 Å². The summed E-state index contributed by atoms with van der Waals surface area (Å²) in [5.41, 5.74) is 13.9. The number of aryl methyl sites for hydroxylation is 1. The summed E-state index contributed by atoms with van der Waals surface area (Å²) in [7, 11) is 1.71. The van der Waals surface area contributed by atoms with Crippen molar-refractivity contribution in [2.75, 3.05) is 151 Å². The van der Waals surface area contributed by atoms with E-state index in [9.17, 15) is 30.7 Å². The van der Waals surface area contributed by atoms with Gasteiger partial charge >= 0.3 is 0 Å². The third kappa shape index (κ3) is 38.7. The molecule has 0 aromatic heterocycles. The average molecular weight is 1960 g/mol. The molecule has 728 valence electrons. The number of methoxy groups -OCH3 is 1. The molecular formula is C112H135Cl5F7N11O. The zero-order chi connectivity index (χ0) is 95.6. The van der Waals surface area contributed by atoms with E-state index in [1.165, 1.54) is 139 Å². The van der Waals surface area contributed by atoms with E-state index in [4.69, 9.17) is 62.7 Å². The standard InChI is InChI=1S/C11H15NO.C11H15N.2C10H11ClFN.3C10H12ClN.C10H11F2N.3C10H12FN/c1-13-11-4-2-3-9(6-11)5-10-7-12-8-10;1-9-3-2-4-10(5-9)6-11-7-12-8-11;11-10-4-9(12)2-1-8(10)3-7-5-13-6-7;11-9-2-1-8(10(12)4-9)3-7-5-13-6-7;11-10-3-1-8(2-4-10)5-9-6-12-7-9;11-10-3-1-2-8(5-10)4-9-6-12-7-9;11-10-4-2-1-3-9(10)5-8-6-12-7-8;11-9-2-1-8(10(12)4-9)3-7-5-13-6-7;11-10-3-1-8(2-4-10)5-9-6-12-7-9;11-10-3-1-2-8(5-10)4-9-6-12-7-9;11-10-4-2-1-3-9(10)5-8-6-12-7-8/h2-4,6,10,12H,5,7-8H2,1H3;2-5,11-12H,6-8H2,1H3;2*1-2,4,7,13H,3,5-6H2;1-4,9,12H,5-7H2;1-3,5,9,12H,4,6-7H2;1-4,8,12H,5-7H2;1-2,4,7,13H,3,5-6H2;1-4,9,12H,5-7H2;1-3,5,9,12H,4,6-7H2;1-4,8,12H,5-7H2. The van der Waals surface area contributed by atoms with Crippen LogP contribution in [-0.4, -0.2) is 151 Å². The maximum atomic E-state index is 13.3. The summed E-state index contributed by atoms with van der Waals surface area (Å²) in [6.07, 6.45) is 11.3. The molecule has 24 heteroatoms. The molecule has 136 heavy (non-hydrogen) atoms. The highest BCUT2D eigenvalue weighted by Crippen LogP contribution is 2.28. The minimum absolute atomic E-state index is 0.0654. The molecule has 11 fully saturated rings. The number of ether oxygens (including phenoxy) is 1. The van der Waals surface area contributed by atoms with Crippen LogP contribution in [0.3, 0.4) is 0 Å². The molecule has 0 amide bonds. The van der Waals surface area contributed by atoms with Crippen molar-refractivity contribution in [1.29, 1.82) is 0 Å². The van der Waals surface area contributed by atoms with E-state index in [0.717, 1.165) is 247 Å². The Balaban J connectivity index is 0.000000134. The molecule has 0 saturated carbocycles. The Hall–Kier alpha value is -8.26. The van der Waals surface area contributed by atoms with Crippen molar-refractivity contribution < 1.29 is 35.5 Å². The van der Waals surface area contributed by atoms with E-state index >= 15 is 0 Å². The summed E-state index contributed by atoms with van der Waals surface area (Å²) in [5, 5.41) is 39.0. The van der Waals surface area contributed by atoms with Gasteiger partial charge in [-0.1, -0.05) is 203 Å². The Kier molecular flexibility index (Phi) is 45.5. The topological polar surface area (TPSA) is 142 Å². The van der Waals surface area contributed by atoms with Crippen LogP contribution in [0.4, 0.5) is 30.7 Å². The van der Waals surface area contributed by atoms with Gasteiger partial charge in [0, 0.05) is 31.2 Å². The van der Waals surface area contributed by atoms with Crippen LogP contribution in [0.15, 0.2) is 249 Å². The SMILES string of the molecule is COc1cccc(CC2CNC2)c1.Cc1cccc(CC2CNC2)c1.Clc1ccc(CC2CNC2)cc1.Clc1cccc(CC2CNC2)c1.Clc1ccccc1CC1CNC1.Fc1cc(Cl)ccc1CC1CNC1.Fc1ccc(CC2CNC2)c(Cl)c1.Fc1ccc(CC2CNC2)c(F)c1.Fc1ccc(CC2CNC2)cc1.Fc1cccc(CC2CNC2)c1.Fc1ccccc1CC1CNC1. The number of halogens is 12. The van der Waals surface area contributed by atoms with Crippen LogP contribution in [0.5, 0.6) is 5.75 Å². The Morgan fingerprint density at radius 2 is 0.522 bits per heavy atom. The quantitative estimate of drug-likeness (QED) is 0.0278. The molecule has 22 rings (SSSR count). The van der Waals surface area contributed by atoms with Gasteiger partial charge < -0.3 is 63.2 Å². The van der Waals surface area contributed by atoms with E-state index in [0.29, 0.717) is 51.6 Å². The zero-order valence-corrected chi connectivity index (χ0v) is 82.1. The molecule has 0 unspecified atom stereocenters. The highest BCUT2D eigenvalue weighted by Gasteiger charge is 2.26. The fourth-order valence-electron chi connectivity index (χ4n) is 16.6. The second-order valence-corrected chi connectivity index (χ2v) is 39.9. The predicted octanol–water partition coefficient (Wildman–Crippen LogP) is 20.5. The normalized spacial score (nSPS) is 17.2. The van der Waals surface area contributed by atoms with Crippen LogP contribution in [0.2, 0.25) is 25.1 Å². The average Bonchev–Trinajstić information content (AvgIpc) is 0.817. The maximum Gasteiger partial charge on any atom is 0.129 e. The summed E-state index contributed by atoms with van der Waals surface area (Å²) in [6.45, 7) is 26.3.